The highest BCUT2D eigenvalue weighted by Gasteiger charge is 2.11. The molecule has 0 aromatic heterocycles. The predicted molar refractivity (Wildman–Crippen MR) is 104 cm³/mol. The molecule has 1 unspecified atom stereocenters. The average molecular weight is 416 g/mol. The van der Waals surface area contributed by atoms with E-state index in [4.69, 9.17) is 11.6 Å². The summed E-state index contributed by atoms with van der Waals surface area (Å²) in [6, 6.07) is 13.6. The molecule has 2 aromatic rings. The molecule has 1 atom stereocenters. The standard InChI is InChI=1S/C18H20ClF2N3O2S/c1-22-18(23-9-10-27(25)15-5-3-2-4-6-15)24-12-13-11-14(19)7-8-16(13)26-17(20)21/h2-8,11,17H,9-10,12H2,1H3,(H2,22,23,24). The summed E-state index contributed by atoms with van der Waals surface area (Å²) in [5.74, 6) is 0.896. The Hall–Kier alpha value is -2.19. The van der Waals surface area contributed by atoms with Crippen LogP contribution in [-0.2, 0) is 17.3 Å². The molecule has 146 valence electrons. The van der Waals surface area contributed by atoms with E-state index in [0.29, 0.717) is 28.8 Å². The van der Waals surface area contributed by atoms with Gasteiger partial charge in [0, 0.05) is 41.4 Å². The summed E-state index contributed by atoms with van der Waals surface area (Å²) in [5, 5.41) is 6.45. The summed E-state index contributed by atoms with van der Waals surface area (Å²) in [5.41, 5.74) is 0.471. The summed E-state index contributed by atoms with van der Waals surface area (Å²) in [4.78, 5) is 4.82. The van der Waals surface area contributed by atoms with Crippen molar-refractivity contribution in [3.8, 4) is 5.75 Å². The summed E-state index contributed by atoms with van der Waals surface area (Å²) in [6.07, 6.45) is 0. The second-order valence-corrected chi connectivity index (χ2v) is 7.35. The second kappa shape index (κ2) is 10.8. The number of rotatable bonds is 8. The van der Waals surface area contributed by atoms with Crippen molar-refractivity contribution >= 4 is 28.4 Å². The monoisotopic (exact) mass is 415 g/mol. The van der Waals surface area contributed by atoms with Gasteiger partial charge in [-0.2, -0.15) is 8.78 Å². The Bertz CT molecular complexity index is 791. The van der Waals surface area contributed by atoms with Crippen LogP contribution in [0.4, 0.5) is 8.78 Å². The van der Waals surface area contributed by atoms with E-state index in [0.717, 1.165) is 4.90 Å². The van der Waals surface area contributed by atoms with Crippen LogP contribution in [0, 0.1) is 0 Å². The van der Waals surface area contributed by atoms with Crippen LogP contribution in [0.15, 0.2) is 58.4 Å². The van der Waals surface area contributed by atoms with Gasteiger partial charge >= 0.3 is 6.61 Å². The molecule has 0 saturated heterocycles. The largest absolute Gasteiger partial charge is 0.434 e. The SMILES string of the molecule is CN=C(NCCS(=O)c1ccccc1)NCc1cc(Cl)ccc1OC(F)F. The quantitative estimate of drug-likeness (QED) is 0.512. The molecule has 0 bridgehead atoms. The molecule has 0 amide bonds. The van der Waals surface area contributed by atoms with Gasteiger partial charge in [0.25, 0.3) is 0 Å². The van der Waals surface area contributed by atoms with Gasteiger partial charge in [0.15, 0.2) is 5.96 Å². The van der Waals surface area contributed by atoms with Crippen molar-refractivity contribution in [1.29, 1.82) is 0 Å². The number of halogens is 3. The zero-order valence-corrected chi connectivity index (χ0v) is 16.2. The molecule has 2 N–H and O–H groups in total. The van der Waals surface area contributed by atoms with Crippen LogP contribution in [0.2, 0.25) is 5.02 Å². The Morgan fingerprint density at radius 1 is 1.22 bits per heavy atom. The van der Waals surface area contributed by atoms with Gasteiger partial charge in [0.2, 0.25) is 0 Å². The van der Waals surface area contributed by atoms with Crippen molar-refractivity contribution < 1.29 is 17.7 Å². The summed E-state index contributed by atoms with van der Waals surface area (Å²) < 4.78 is 41.7. The van der Waals surface area contributed by atoms with Crippen LogP contribution in [0.3, 0.4) is 0 Å². The van der Waals surface area contributed by atoms with Crippen LogP contribution < -0.4 is 15.4 Å². The zero-order valence-electron chi connectivity index (χ0n) is 14.6. The number of hydrogen-bond donors (Lipinski definition) is 2. The normalized spacial score (nSPS) is 12.7. The fourth-order valence-electron chi connectivity index (χ4n) is 2.25. The highest BCUT2D eigenvalue weighted by Crippen LogP contribution is 2.24. The van der Waals surface area contributed by atoms with E-state index < -0.39 is 17.4 Å². The Balaban J connectivity index is 1.87. The van der Waals surface area contributed by atoms with Crippen molar-refractivity contribution in [3.63, 3.8) is 0 Å². The van der Waals surface area contributed by atoms with E-state index in [9.17, 15) is 13.0 Å². The van der Waals surface area contributed by atoms with Crippen LogP contribution in [0.25, 0.3) is 0 Å². The predicted octanol–water partition coefficient (Wildman–Crippen LogP) is 3.41. The third-order valence-electron chi connectivity index (χ3n) is 3.49. The van der Waals surface area contributed by atoms with E-state index in [1.165, 1.54) is 12.1 Å². The second-order valence-electron chi connectivity index (χ2n) is 5.35. The fourth-order valence-corrected chi connectivity index (χ4v) is 3.43. The molecular formula is C18H20ClF2N3O2S. The molecule has 0 aliphatic carbocycles. The lowest BCUT2D eigenvalue weighted by atomic mass is 10.2. The van der Waals surface area contributed by atoms with E-state index in [-0.39, 0.29) is 12.3 Å². The van der Waals surface area contributed by atoms with Crippen LogP contribution in [0.1, 0.15) is 5.56 Å². The Labute approximate surface area is 164 Å². The van der Waals surface area contributed by atoms with Gasteiger partial charge in [-0.05, 0) is 30.3 Å². The molecular weight excluding hydrogens is 396 g/mol. The number of nitrogens with zero attached hydrogens (tertiary/aromatic N) is 1. The summed E-state index contributed by atoms with van der Waals surface area (Å²) in [7, 11) is 0.460. The van der Waals surface area contributed by atoms with E-state index >= 15 is 0 Å². The van der Waals surface area contributed by atoms with Gasteiger partial charge < -0.3 is 15.4 Å². The molecule has 2 aromatic carbocycles. The number of alkyl halides is 2. The van der Waals surface area contributed by atoms with Gasteiger partial charge in [-0.3, -0.25) is 9.20 Å². The fraction of sp³-hybridized carbons (Fsp3) is 0.278. The molecule has 5 nitrogen and oxygen atoms in total. The smallest absolute Gasteiger partial charge is 0.387 e. The Morgan fingerprint density at radius 3 is 2.63 bits per heavy atom. The first-order valence-electron chi connectivity index (χ1n) is 8.10. The molecule has 9 heteroatoms. The van der Waals surface area contributed by atoms with Gasteiger partial charge in [0.05, 0.1) is 10.8 Å². The lowest BCUT2D eigenvalue weighted by Gasteiger charge is -2.15. The Morgan fingerprint density at radius 2 is 1.96 bits per heavy atom. The van der Waals surface area contributed by atoms with Crippen molar-refractivity contribution in [3.05, 3.63) is 59.1 Å². The third-order valence-corrected chi connectivity index (χ3v) is 5.10. The first kappa shape index (κ1) is 21.1. The van der Waals surface area contributed by atoms with Gasteiger partial charge in [-0.25, -0.2) is 0 Å². The number of aliphatic imine (C=N–C) groups is 1. The maximum atomic E-state index is 12.5. The first-order valence-corrected chi connectivity index (χ1v) is 9.80. The molecule has 0 heterocycles. The number of benzene rings is 2. The number of nitrogens with one attached hydrogen (secondary N) is 2. The van der Waals surface area contributed by atoms with E-state index in [2.05, 4.69) is 20.4 Å². The molecule has 0 radical (unpaired) electrons. The average Bonchev–Trinajstić information content (AvgIpc) is 2.66. The molecule has 0 fully saturated rings. The molecule has 0 aliphatic rings. The first-order chi connectivity index (χ1) is 13.0. The number of ether oxygens (including phenoxy) is 1. The van der Waals surface area contributed by atoms with Crippen molar-refractivity contribution in [2.75, 3.05) is 19.3 Å². The lowest BCUT2D eigenvalue weighted by molar-refractivity contribution is -0.0504. The molecule has 0 spiro atoms. The molecule has 0 saturated carbocycles. The topological polar surface area (TPSA) is 62.7 Å². The summed E-state index contributed by atoms with van der Waals surface area (Å²) >= 11 is 5.93. The maximum absolute atomic E-state index is 12.5. The van der Waals surface area contributed by atoms with E-state index in [1.54, 1.807) is 13.1 Å². The molecule has 0 aliphatic heterocycles. The molecule has 2 rings (SSSR count). The summed E-state index contributed by atoms with van der Waals surface area (Å²) in [6.45, 7) is -2.31. The van der Waals surface area contributed by atoms with Crippen molar-refractivity contribution in [1.82, 2.24) is 10.6 Å². The lowest BCUT2D eigenvalue weighted by Crippen LogP contribution is -2.38. The third kappa shape index (κ3) is 7.15. The maximum Gasteiger partial charge on any atom is 0.387 e. The zero-order chi connectivity index (χ0) is 19.6. The minimum absolute atomic E-state index is 0.0440. The highest BCUT2D eigenvalue weighted by atomic mass is 35.5. The van der Waals surface area contributed by atoms with E-state index in [1.807, 2.05) is 30.3 Å². The van der Waals surface area contributed by atoms with Crippen LogP contribution >= 0.6 is 11.6 Å². The highest BCUT2D eigenvalue weighted by molar-refractivity contribution is 7.85. The van der Waals surface area contributed by atoms with Crippen molar-refractivity contribution in [2.45, 2.75) is 18.1 Å². The van der Waals surface area contributed by atoms with Crippen LogP contribution in [0.5, 0.6) is 5.75 Å². The van der Waals surface area contributed by atoms with Crippen LogP contribution in [-0.4, -0.2) is 36.1 Å². The van der Waals surface area contributed by atoms with Gasteiger partial charge in [-0.15, -0.1) is 0 Å². The van der Waals surface area contributed by atoms with Crippen molar-refractivity contribution in [2.24, 2.45) is 4.99 Å². The minimum atomic E-state index is -2.92. The minimum Gasteiger partial charge on any atom is -0.434 e. The molecule has 27 heavy (non-hydrogen) atoms. The Kier molecular flexibility index (Phi) is 8.47. The van der Waals surface area contributed by atoms with Gasteiger partial charge in [-0.1, -0.05) is 29.8 Å². The number of hydrogen-bond acceptors (Lipinski definition) is 3. The van der Waals surface area contributed by atoms with Gasteiger partial charge in [0.1, 0.15) is 5.75 Å². The number of guanidine groups is 1.